The first-order valence-corrected chi connectivity index (χ1v) is 10.9. The van der Waals surface area contributed by atoms with Gasteiger partial charge in [0, 0.05) is 56.4 Å². The van der Waals surface area contributed by atoms with E-state index in [1.807, 2.05) is 18.2 Å². The topological polar surface area (TPSA) is 72.5 Å². The fraction of sp³-hybridized carbons (Fsp3) is 0.360. The van der Waals surface area contributed by atoms with Gasteiger partial charge in [0.2, 0.25) is 0 Å². The Balaban J connectivity index is 1.56. The van der Waals surface area contributed by atoms with Gasteiger partial charge in [0.25, 0.3) is 5.91 Å². The van der Waals surface area contributed by atoms with E-state index < -0.39 is 0 Å². The van der Waals surface area contributed by atoms with Gasteiger partial charge in [-0.25, -0.2) is 0 Å². The van der Waals surface area contributed by atoms with E-state index >= 15 is 0 Å². The molecule has 0 bridgehead atoms. The molecule has 31 heavy (non-hydrogen) atoms. The van der Waals surface area contributed by atoms with Crippen LogP contribution in [0.2, 0.25) is 0 Å². The van der Waals surface area contributed by atoms with Crippen molar-refractivity contribution in [2.45, 2.75) is 26.7 Å². The molecule has 164 valence electrons. The molecular weight excluding hydrogens is 386 g/mol. The van der Waals surface area contributed by atoms with E-state index in [1.54, 1.807) is 19.0 Å². The van der Waals surface area contributed by atoms with Crippen LogP contribution in [0.1, 0.15) is 34.0 Å². The third kappa shape index (κ3) is 5.87. The normalized spacial score (nSPS) is 11.5. The molecule has 6 heteroatoms. The van der Waals surface area contributed by atoms with Crippen LogP contribution >= 0.6 is 0 Å². The van der Waals surface area contributed by atoms with Crippen molar-refractivity contribution in [2.75, 3.05) is 33.7 Å². The highest BCUT2D eigenvalue weighted by Crippen LogP contribution is 2.22. The number of benzene rings is 2. The minimum Gasteiger partial charge on any atom is -0.361 e. The Bertz CT molecular complexity index is 1050. The largest absolute Gasteiger partial charge is 0.361 e. The third-order valence-electron chi connectivity index (χ3n) is 5.28. The van der Waals surface area contributed by atoms with Gasteiger partial charge in [-0.05, 0) is 61.6 Å². The smallest absolute Gasteiger partial charge is 0.253 e. The second kappa shape index (κ2) is 10.7. The van der Waals surface area contributed by atoms with Crippen LogP contribution in [0.5, 0.6) is 0 Å². The van der Waals surface area contributed by atoms with Gasteiger partial charge in [-0.15, -0.1) is 0 Å². The Morgan fingerprint density at radius 1 is 1.10 bits per heavy atom. The molecule has 1 aromatic heterocycles. The summed E-state index contributed by atoms with van der Waals surface area (Å²) in [6, 6.07) is 14.2. The molecule has 0 saturated heterocycles. The van der Waals surface area contributed by atoms with Crippen LogP contribution in [-0.4, -0.2) is 55.5 Å². The molecule has 2 aromatic carbocycles. The van der Waals surface area contributed by atoms with Crippen molar-refractivity contribution >= 4 is 22.8 Å². The van der Waals surface area contributed by atoms with E-state index in [0.717, 1.165) is 43.0 Å². The van der Waals surface area contributed by atoms with Gasteiger partial charge in [0.1, 0.15) is 0 Å². The second-order valence-electron chi connectivity index (χ2n) is 7.90. The first kappa shape index (κ1) is 22.4. The van der Waals surface area contributed by atoms with Crippen molar-refractivity contribution in [1.82, 2.24) is 20.5 Å². The molecule has 3 rings (SSSR count). The summed E-state index contributed by atoms with van der Waals surface area (Å²) in [6.07, 6.45) is 3.80. The monoisotopic (exact) mass is 419 g/mol. The lowest BCUT2D eigenvalue weighted by Crippen LogP contribution is -2.38. The highest BCUT2D eigenvalue weighted by Gasteiger charge is 2.08. The van der Waals surface area contributed by atoms with E-state index in [0.29, 0.717) is 6.54 Å². The molecule has 3 aromatic rings. The van der Waals surface area contributed by atoms with Crippen molar-refractivity contribution in [2.24, 2.45) is 4.99 Å². The first-order valence-electron chi connectivity index (χ1n) is 10.9. The summed E-state index contributed by atoms with van der Waals surface area (Å²) < 4.78 is 0. The number of H-pyrrole nitrogens is 1. The van der Waals surface area contributed by atoms with E-state index in [-0.39, 0.29) is 5.91 Å². The number of hydrogen-bond donors (Lipinski definition) is 3. The van der Waals surface area contributed by atoms with Crippen molar-refractivity contribution in [3.8, 4) is 0 Å². The molecule has 0 spiro atoms. The molecule has 0 fully saturated rings. The lowest BCUT2D eigenvalue weighted by Gasteiger charge is -2.13. The minimum absolute atomic E-state index is 0.0252. The molecule has 0 unspecified atom stereocenters. The number of guanidine groups is 1. The summed E-state index contributed by atoms with van der Waals surface area (Å²) in [5.74, 6) is 0.844. The Labute approximate surface area is 184 Å². The van der Waals surface area contributed by atoms with Crippen LogP contribution in [0.4, 0.5) is 0 Å². The molecule has 1 amide bonds. The standard InChI is InChI=1S/C25H33N5O/c1-5-26-25(27-14-12-19-9-7-10-20(16-19)24(31)30(3)4)28-15-13-21-17-29-22-11-6-8-18(2)23(21)22/h6-11,16-17,29H,5,12-15H2,1-4H3,(H2,26,27,28). The van der Waals surface area contributed by atoms with Gasteiger partial charge >= 0.3 is 0 Å². The summed E-state index contributed by atoms with van der Waals surface area (Å²) in [6.45, 7) is 6.48. The lowest BCUT2D eigenvalue weighted by atomic mass is 10.1. The van der Waals surface area contributed by atoms with Gasteiger partial charge in [-0.1, -0.05) is 24.3 Å². The zero-order chi connectivity index (χ0) is 22.2. The highest BCUT2D eigenvalue weighted by molar-refractivity contribution is 5.94. The van der Waals surface area contributed by atoms with Crippen molar-refractivity contribution in [1.29, 1.82) is 0 Å². The Kier molecular flexibility index (Phi) is 7.70. The molecule has 0 aliphatic heterocycles. The molecular formula is C25H33N5O. The maximum absolute atomic E-state index is 12.2. The number of rotatable bonds is 8. The molecule has 0 aliphatic carbocycles. The predicted octanol–water partition coefficient (Wildman–Crippen LogP) is 3.52. The van der Waals surface area contributed by atoms with Crippen molar-refractivity contribution < 1.29 is 4.79 Å². The summed E-state index contributed by atoms with van der Waals surface area (Å²) in [5, 5.41) is 8.03. The van der Waals surface area contributed by atoms with Gasteiger partial charge in [0.05, 0.1) is 0 Å². The van der Waals surface area contributed by atoms with Crippen LogP contribution in [0.25, 0.3) is 10.9 Å². The Hall–Kier alpha value is -3.28. The van der Waals surface area contributed by atoms with Crippen molar-refractivity contribution in [3.63, 3.8) is 0 Å². The number of nitrogens with zero attached hydrogens (tertiary/aromatic N) is 2. The maximum atomic E-state index is 12.2. The summed E-state index contributed by atoms with van der Waals surface area (Å²) in [4.78, 5) is 21.9. The Morgan fingerprint density at radius 2 is 1.90 bits per heavy atom. The number of aromatic nitrogens is 1. The molecule has 0 aliphatic rings. The number of aromatic amines is 1. The average Bonchev–Trinajstić information content (AvgIpc) is 3.18. The number of carbonyl (C=O) groups is 1. The Morgan fingerprint density at radius 3 is 2.68 bits per heavy atom. The quantitative estimate of drug-likeness (QED) is 0.386. The number of amides is 1. The molecule has 1 heterocycles. The fourth-order valence-corrected chi connectivity index (χ4v) is 3.72. The average molecular weight is 420 g/mol. The number of aliphatic imine (C=N–C) groups is 1. The fourth-order valence-electron chi connectivity index (χ4n) is 3.72. The number of fused-ring (bicyclic) bond motifs is 1. The lowest BCUT2D eigenvalue weighted by molar-refractivity contribution is 0.0827. The van der Waals surface area contributed by atoms with E-state index in [9.17, 15) is 4.79 Å². The number of nitrogens with one attached hydrogen (secondary N) is 3. The minimum atomic E-state index is 0.0252. The third-order valence-corrected chi connectivity index (χ3v) is 5.28. The van der Waals surface area contributed by atoms with Gasteiger partial charge < -0.3 is 20.5 Å². The van der Waals surface area contributed by atoms with Gasteiger partial charge in [-0.2, -0.15) is 0 Å². The zero-order valence-corrected chi connectivity index (χ0v) is 19.0. The van der Waals surface area contributed by atoms with Gasteiger partial charge in [-0.3, -0.25) is 9.79 Å². The SMILES string of the molecule is CCNC(=NCCc1c[nH]c2cccc(C)c12)NCCc1cccc(C(=O)N(C)C)c1. The predicted molar refractivity (Wildman–Crippen MR) is 129 cm³/mol. The van der Waals surface area contributed by atoms with Crippen LogP contribution in [0.15, 0.2) is 53.7 Å². The van der Waals surface area contributed by atoms with E-state index in [4.69, 9.17) is 4.99 Å². The summed E-state index contributed by atoms with van der Waals surface area (Å²) >= 11 is 0. The molecule has 3 N–H and O–H groups in total. The van der Waals surface area contributed by atoms with Gasteiger partial charge in [0.15, 0.2) is 5.96 Å². The number of hydrogen-bond acceptors (Lipinski definition) is 2. The highest BCUT2D eigenvalue weighted by atomic mass is 16.2. The van der Waals surface area contributed by atoms with Crippen LogP contribution < -0.4 is 10.6 Å². The molecule has 0 radical (unpaired) electrons. The molecule has 0 atom stereocenters. The van der Waals surface area contributed by atoms with E-state index in [2.05, 4.69) is 59.9 Å². The van der Waals surface area contributed by atoms with Crippen molar-refractivity contribution in [3.05, 3.63) is 70.9 Å². The van der Waals surface area contributed by atoms with Crippen LogP contribution in [-0.2, 0) is 12.8 Å². The zero-order valence-electron chi connectivity index (χ0n) is 19.0. The number of carbonyl (C=O) groups excluding carboxylic acids is 1. The second-order valence-corrected chi connectivity index (χ2v) is 7.90. The molecule has 0 saturated carbocycles. The summed E-state index contributed by atoms with van der Waals surface area (Å²) in [5.41, 5.74) is 5.62. The van der Waals surface area contributed by atoms with Crippen LogP contribution in [0.3, 0.4) is 0 Å². The van der Waals surface area contributed by atoms with E-state index in [1.165, 1.54) is 22.0 Å². The maximum Gasteiger partial charge on any atom is 0.253 e. The molecule has 6 nitrogen and oxygen atoms in total. The first-order chi connectivity index (χ1) is 15.0. The number of aryl methyl sites for hydroxylation is 1. The van der Waals surface area contributed by atoms with Crippen LogP contribution in [0, 0.1) is 6.92 Å². The summed E-state index contributed by atoms with van der Waals surface area (Å²) in [7, 11) is 3.54.